The summed E-state index contributed by atoms with van der Waals surface area (Å²) in [6.07, 6.45) is 0.571. The molecule has 0 saturated carbocycles. The van der Waals surface area contributed by atoms with Crippen molar-refractivity contribution in [2.75, 3.05) is 13.6 Å². The predicted octanol–water partition coefficient (Wildman–Crippen LogP) is -1.24. The van der Waals surface area contributed by atoms with Crippen LogP contribution < -0.4 is 38.9 Å². The molecule has 2 unspecified atom stereocenters. The number of nitrogens with one attached hydrogen (secondary N) is 4. The van der Waals surface area contributed by atoms with Crippen molar-refractivity contribution in [3.05, 3.63) is 71.3 Å². The summed E-state index contributed by atoms with van der Waals surface area (Å²) in [5.74, 6) is -4.07. The molecule has 0 aliphatic carbocycles. The van der Waals surface area contributed by atoms with Crippen LogP contribution in [0.2, 0.25) is 0 Å². The van der Waals surface area contributed by atoms with Gasteiger partial charge in [-0.05, 0) is 30.4 Å². The van der Waals surface area contributed by atoms with E-state index < -0.39 is 41.6 Å². The van der Waals surface area contributed by atoms with E-state index in [-0.39, 0.29) is 31.2 Å². The highest BCUT2D eigenvalue weighted by molar-refractivity contribution is 6.02. The maximum atomic E-state index is 13.4. The molecule has 4 amide bonds. The van der Waals surface area contributed by atoms with E-state index in [0.717, 1.165) is 0 Å². The van der Waals surface area contributed by atoms with Crippen molar-refractivity contribution < 1.29 is 19.2 Å². The summed E-state index contributed by atoms with van der Waals surface area (Å²) in [6, 6.07) is 12.7. The second-order valence-electron chi connectivity index (χ2n) is 8.75. The van der Waals surface area contributed by atoms with E-state index >= 15 is 0 Å². The summed E-state index contributed by atoms with van der Waals surface area (Å²) in [4.78, 5) is 55.2. The Kier molecular flexibility index (Phi) is 11.4. The fourth-order valence-corrected chi connectivity index (χ4v) is 3.77. The SMILES string of the molecule is CNC(=O)C(Cc1ccc(C(=N)N)cc1)C(=O)N[C@H](C(=O)NC(CCCN=C(N)N)C(N)=O)c1ccccc1. The first-order chi connectivity index (χ1) is 18.5. The number of nitrogen functional groups attached to an aromatic ring is 1. The smallest absolute Gasteiger partial charge is 0.247 e. The molecule has 12 N–H and O–H groups in total. The number of carbonyl (C=O) groups excluding carboxylic acids is 4. The van der Waals surface area contributed by atoms with Crippen LogP contribution in [0, 0.1) is 11.3 Å². The van der Waals surface area contributed by atoms with Crippen LogP contribution in [0.25, 0.3) is 0 Å². The van der Waals surface area contributed by atoms with E-state index in [1.54, 1.807) is 54.6 Å². The number of rotatable bonds is 14. The number of guanidine groups is 1. The van der Waals surface area contributed by atoms with Gasteiger partial charge in [-0.15, -0.1) is 0 Å². The van der Waals surface area contributed by atoms with E-state index in [9.17, 15) is 19.2 Å². The first-order valence-electron chi connectivity index (χ1n) is 12.2. The molecule has 0 radical (unpaired) electrons. The predicted molar refractivity (Wildman–Crippen MR) is 147 cm³/mol. The van der Waals surface area contributed by atoms with Gasteiger partial charge >= 0.3 is 0 Å². The number of amides is 4. The Balaban J connectivity index is 2.25. The number of hydrogen-bond acceptors (Lipinski definition) is 6. The normalized spacial score (nSPS) is 12.7. The lowest BCUT2D eigenvalue weighted by atomic mass is 9.95. The largest absolute Gasteiger partial charge is 0.384 e. The van der Waals surface area contributed by atoms with Crippen LogP contribution in [-0.4, -0.2) is 55.1 Å². The molecule has 2 aromatic rings. The van der Waals surface area contributed by atoms with E-state index in [0.29, 0.717) is 23.1 Å². The number of primary amides is 1. The average molecular weight is 538 g/mol. The third-order valence-electron chi connectivity index (χ3n) is 5.87. The first-order valence-corrected chi connectivity index (χ1v) is 12.2. The van der Waals surface area contributed by atoms with Crippen molar-refractivity contribution in [2.45, 2.75) is 31.3 Å². The monoisotopic (exact) mass is 537 g/mol. The molecule has 0 saturated heterocycles. The Labute approximate surface area is 226 Å². The number of nitrogens with two attached hydrogens (primary N) is 4. The lowest BCUT2D eigenvalue weighted by molar-refractivity contribution is -0.138. The van der Waals surface area contributed by atoms with E-state index in [4.69, 9.17) is 28.3 Å². The van der Waals surface area contributed by atoms with Crippen LogP contribution in [-0.2, 0) is 25.6 Å². The minimum atomic E-state index is -1.22. The van der Waals surface area contributed by atoms with Gasteiger partial charge in [-0.2, -0.15) is 0 Å². The molecule has 0 aliphatic heterocycles. The summed E-state index contributed by atoms with van der Waals surface area (Å²) in [6.45, 7) is 0.238. The lowest BCUT2D eigenvalue weighted by Gasteiger charge is -2.24. The van der Waals surface area contributed by atoms with Crippen molar-refractivity contribution in [3.8, 4) is 0 Å². The quantitative estimate of drug-likeness (QED) is 0.0629. The van der Waals surface area contributed by atoms with Gasteiger partial charge in [0.05, 0.1) is 0 Å². The zero-order valence-electron chi connectivity index (χ0n) is 21.6. The first kappa shape index (κ1) is 30.3. The van der Waals surface area contributed by atoms with Gasteiger partial charge in [0.2, 0.25) is 23.6 Å². The summed E-state index contributed by atoms with van der Waals surface area (Å²) in [7, 11) is 1.41. The van der Waals surface area contributed by atoms with Crippen LogP contribution in [0.3, 0.4) is 0 Å². The van der Waals surface area contributed by atoms with Gasteiger partial charge in [0.1, 0.15) is 23.8 Å². The zero-order valence-corrected chi connectivity index (χ0v) is 21.6. The molecule has 13 nitrogen and oxygen atoms in total. The average Bonchev–Trinajstić information content (AvgIpc) is 2.91. The molecule has 0 heterocycles. The second kappa shape index (κ2) is 14.7. The molecule has 13 heteroatoms. The summed E-state index contributed by atoms with van der Waals surface area (Å²) in [5, 5.41) is 15.2. The van der Waals surface area contributed by atoms with E-state index in [1.165, 1.54) is 7.05 Å². The van der Waals surface area contributed by atoms with Gasteiger partial charge in [0.15, 0.2) is 5.96 Å². The number of hydrogen-bond donors (Lipinski definition) is 8. The Hall–Kier alpha value is -4.94. The van der Waals surface area contributed by atoms with E-state index in [2.05, 4.69) is 20.9 Å². The molecular weight excluding hydrogens is 502 g/mol. The molecule has 0 aliphatic rings. The molecule has 208 valence electrons. The van der Waals surface area contributed by atoms with Gasteiger partial charge in [0, 0.05) is 19.2 Å². The van der Waals surface area contributed by atoms with Crippen molar-refractivity contribution in [1.29, 1.82) is 5.41 Å². The summed E-state index contributed by atoms with van der Waals surface area (Å²) in [5.41, 5.74) is 23.2. The highest BCUT2D eigenvalue weighted by Crippen LogP contribution is 2.17. The number of benzene rings is 2. The molecule has 0 spiro atoms. The molecule has 2 aromatic carbocycles. The van der Waals surface area contributed by atoms with Crippen molar-refractivity contribution in [1.82, 2.24) is 16.0 Å². The molecule has 2 rings (SSSR count). The second-order valence-corrected chi connectivity index (χ2v) is 8.75. The number of aliphatic imine (C=N–C) groups is 1. The molecule has 39 heavy (non-hydrogen) atoms. The maximum Gasteiger partial charge on any atom is 0.247 e. The fourth-order valence-electron chi connectivity index (χ4n) is 3.77. The van der Waals surface area contributed by atoms with Gasteiger partial charge < -0.3 is 38.9 Å². The highest BCUT2D eigenvalue weighted by Gasteiger charge is 2.32. The fraction of sp³-hybridized carbons (Fsp3) is 0.308. The van der Waals surface area contributed by atoms with Crippen molar-refractivity contribution in [2.24, 2.45) is 33.8 Å². The van der Waals surface area contributed by atoms with Crippen LogP contribution in [0.5, 0.6) is 0 Å². The molecule has 0 aromatic heterocycles. The van der Waals surface area contributed by atoms with Crippen molar-refractivity contribution >= 4 is 35.4 Å². The lowest BCUT2D eigenvalue weighted by Crippen LogP contribution is -2.51. The van der Waals surface area contributed by atoms with Gasteiger partial charge in [0.25, 0.3) is 0 Å². The van der Waals surface area contributed by atoms with Crippen LogP contribution in [0.1, 0.15) is 35.6 Å². The third-order valence-corrected chi connectivity index (χ3v) is 5.87. The molecule has 0 bridgehead atoms. The van der Waals surface area contributed by atoms with Crippen LogP contribution in [0.4, 0.5) is 0 Å². The van der Waals surface area contributed by atoms with Crippen LogP contribution >= 0.6 is 0 Å². The Morgan fingerprint density at radius 3 is 2.05 bits per heavy atom. The number of amidine groups is 1. The van der Waals surface area contributed by atoms with Crippen LogP contribution in [0.15, 0.2) is 59.6 Å². The zero-order chi connectivity index (χ0) is 28.9. The molecular formula is C26H35N9O4. The molecule has 3 atom stereocenters. The number of nitrogens with zero attached hydrogens (tertiary/aromatic N) is 1. The minimum absolute atomic E-state index is 0.0293. The van der Waals surface area contributed by atoms with Gasteiger partial charge in [-0.3, -0.25) is 29.6 Å². The molecule has 0 fully saturated rings. The summed E-state index contributed by atoms with van der Waals surface area (Å²) < 4.78 is 0. The van der Waals surface area contributed by atoms with Crippen molar-refractivity contribution in [3.63, 3.8) is 0 Å². The number of carbonyl (C=O) groups is 4. The topological polar surface area (TPSA) is 245 Å². The Morgan fingerprint density at radius 1 is 0.872 bits per heavy atom. The highest BCUT2D eigenvalue weighted by atomic mass is 16.2. The Bertz CT molecular complexity index is 1200. The third kappa shape index (κ3) is 9.46. The van der Waals surface area contributed by atoms with Gasteiger partial charge in [-0.25, -0.2) is 0 Å². The summed E-state index contributed by atoms with van der Waals surface area (Å²) >= 11 is 0. The minimum Gasteiger partial charge on any atom is -0.384 e. The maximum absolute atomic E-state index is 13.4. The Morgan fingerprint density at radius 2 is 1.51 bits per heavy atom. The van der Waals surface area contributed by atoms with E-state index in [1.807, 2.05) is 0 Å². The standard InChI is InChI=1S/C26H35N9O4/c1-32-23(37)18(14-15-9-11-17(12-10-15)21(27)28)24(38)35-20(16-6-3-2-4-7-16)25(39)34-19(22(29)36)8-5-13-33-26(30)31/h2-4,6-7,9-12,18-20H,5,8,13-14H2,1H3,(H3,27,28)(H2,29,36)(H,32,37)(H,34,39)(H,35,38)(H4,30,31,33)/t18?,19?,20-/m0/s1. The van der Waals surface area contributed by atoms with Gasteiger partial charge in [-0.1, -0.05) is 54.6 Å².